The molecule has 6 heteroatoms. The smallest absolute Gasteiger partial charge is 0.331 e. The van der Waals surface area contributed by atoms with Gasteiger partial charge in [-0.3, -0.25) is 9.59 Å². The largest absolute Gasteiger partial charge is 0.480 e. The Hall–Kier alpha value is -2.44. The number of carboxylic acid groups (broad SMARTS) is 2. The second-order valence-corrected chi connectivity index (χ2v) is 4.44. The number of aliphatic carboxylic acids is 2. The summed E-state index contributed by atoms with van der Waals surface area (Å²) < 4.78 is 0. The van der Waals surface area contributed by atoms with Crippen LogP contribution in [0.5, 0.6) is 0 Å². The monoisotopic (exact) mass is 276 g/mol. The second-order valence-electron chi connectivity index (χ2n) is 4.44. The van der Waals surface area contributed by atoms with Gasteiger partial charge in [0.15, 0.2) is 0 Å². The number of carbonyl (C=O) groups is 2. The molecule has 1 aliphatic carbocycles. The summed E-state index contributed by atoms with van der Waals surface area (Å²) in [6, 6.07) is 8.56. The van der Waals surface area contributed by atoms with Gasteiger partial charge in [0.05, 0.1) is 0 Å². The molecular formula is C14H12O6. The summed E-state index contributed by atoms with van der Waals surface area (Å²) >= 11 is 0. The first-order valence-electron chi connectivity index (χ1n) is 5.70. The molecule has 0 spiro atoms. The van der Waals surface area contributed by atoms with Crippen LogP contribution in [0.1, 0.15) is 5.56 Å². The molecule has 0 aliphatic heterocycles. The van der Waals surface area contributed by atoms with Crippen LogP contribution < -0.4 is 0 Å². The standard InChI is InChI=1S/C14H12O6/c15-11(16)13(12(17)18)7-6-10(8-14(13,19)20)9-4-2-1-3-5-9/h1-8,19-20H,(H,15,16)(H,17,18). The van der Waals surface area contributed by atoms with Crippen molar-refractivity contribution in [1.29, 1.82) is 0 Å². The van der Waals surface area contributed by atoms with Crippen molar-refractivity contribution in [2.24, 2.45) is 5.41 Å². The van der Waals surface area contributed by atoms with Gasteiger partial charge in [0.1, 0.15) is 0 Å². The SMILES string of the molecule is O=C(O)C1(C(=O)O)C=CC(c2ccccc2)=CC1(O)O. The Labute approximate surface area is 113 Å². The van der Waals surface area contributed by atoms with Gasteiger partial charge in [0, 0.05) is 0 Å². The minimum atomic E-state index is -3.04. The normalized spacial score (nSPS) is 19.2. The molecule has 1 aliphatic rings. The average molecular weight is 276 g/mol. The zero-order valence-electron chi connectivity index (χ0n) is 10.2. The van der Waals surface area contributed by atoms with Crippen molar-refractivity contribution in [3.8, 4) is 0 Å². The summed E-state index contributed by atoms with van der Waals surface area (Å²) in [5.74, 6) is -6.74. The lowest BCUT2D eigenvalue weighted by atomic mass is 9.74. The predicted octanol–water partition coefficient (Wildman–Crippen LogP) is 0.476. The average Bonchev–Trinajstić information content (AvgIpc) is 2.37. The summed E-state index contributed by atoms with van der Waals surface area (Å²) in [5, 5.41) is 38.0. The van der Waals surface area contributed by atoms with Crippen LogP contribution >= 0.6 is 0 Å². The molecule has 0 amide bonds. The van der Waals surface area contributed by atoms with Crippen LogP contribution in [0.15, 0.2) is 48.6 Å². The molecule has 0 heterocycles. The maximum absolute atomic E-state index is 11.2. The van der Waals surface area contributed by atoms with Gasteiger partial charge in [0.25, 0.3) is 0 Å². The van der Waals surface area contributed by atoms with Gasteiger partial charge in [0.2, 0.25) is 11.2 Å². The molecule has 0 atom stereocenters. The van der Waals surface area contributed by atoms with Crippen molar-refractivity contribution in [2.45, 2.75) is 5.79 Å². The van der Waals surface area contributed by atoms with E-state index in [-0.39, 0.29) is 0 Å². The quantitative estimate of drug-likeness (QED) is 0.471. The molecule has 0 radical (unpaired) electrons. The maximum atomic E-state index is 11.2. The lowest BCUT2D eigenvalue weighted by molar-refractivity contribution is -0.214. The van der Waals surface area contributed by atoms with Crippen molar-refractivity contribution in [3.05, 3.63) is 54.1 Å². The first-order chi connectivity index (χ1) is 9.31. The molecule has 0 bridgehead atoms. The van der Waals surface area contributed by atoms with Gasteiger partial charge in [-0.05, 0) is 23.3 Å². The Balaban J connectivity index is 2.54. The zero-order chi connectivity index (χ0) is 15.0. The van der Waals surface area contributed by atoms with Crippen LogP contribution in [0.2, 0.25) is 0 Å². The van der Waals surface area contributed by atoms with Crippen LogP contribution in [0.3, 0.4) is 0 Å². The third kappa shape index (κ3) is 1.91. The van der Waals surface area contributed by atoms with E-state index in [1.807, 2.05) is 0 Å². The van der Waals surface area contributed by atoms with Crippen LogP contribution in [0.4, 0.5) is 0 Å². The Morgan fingerprint density at radius 3 is 1.95 bits per heavy atom. The van der Waals surface area contributed by atoms with Crippen LogP contribution in [0.25, 0.3) is 5.57 Å². The fraction of sp³-hybridized carbons (Fsp3) is 0.143. The highest BCUT2D eigenvalue weighted by atomic mass is 16.5. The highest BCUT2D eigenvalue weighted by Crippen LogP contribution is 2.40. The van der Waals surface area contributed by atoms with Gasteiger partial charge in [-0.15, -0.1) is 0 Å². The van der Waals surface area contributed by atoms with E-state index in [0.29, 0.717) is 11.1 Å². The first-order valence-corrected chi connectivity index (χ1v) is 5.70. The highest BCUT2D eigenvalue weighted by Gasteiger charge is 2.61. The van der Waals surface area contributed by atoms with E-state index >= 15 is 0 Å². The number of carboxylic acids is 2. The van der Waals surface area contributed by atoms with Crippen molar-refractivity contribution in [3.63, 3.8) is 0 Å². The Morgan fingerprint density at radius 2 is 1.50 bits per heavy atom. The molecule has 1 aromatic carbocycles. The predicted molar refractivity (Wildman–Crippen MR) is 68.4 cm³/mol. The van der Waals surface area contributed by atoms with E-state index in [0.717, 1.165) is 12.2 Å². The third-order valence-electron chi connectivity index (χ3n) is 3.23. The topological polar surface area (TPSA) is 115 Å². The molecule has 2 rings (SSSR count). The highest BCUT2D eigenvalue weighted by molar-refractivity contribution is 6.04. The first kappa shape index (κ1) is 14.0. The Bertz CT molecular complexity index is 598. The van der Waals surface area contributed by atoms with Gasteiger partial charge in [-0.2, -0.15) is 0 Å². The molecule has 1 aromatic rings. The van der Waals surface area contributed by atoms with E-state index in [2.05, 4.69) is 0 Å². The van der Waals surface area contributed by atoms with Crippen LogP contribution in [-0.4, -0.2) is 38.2 Å². The number of allylic oxidation sites excluding steroid dienone is 2. The molecule has 6 nitrogen and oxygen atoms in total. The summed E-state index contributed by atoms with van der Waals surface area (Å²) in [7, 11) is 0. The fourth-order valence-electron chi connectivity index (χ4n) is 2.08. The lowest BCUT2D eigenvalue weighted by Gasteiger charge is -2.35. The van der Waals surface area contributed by atoms with Gasteiger partial charge in [-0.25, -0.2) is 0 Å². The molecule has 0 fully saturated rings. The summed E-state index contributed by atoms with van der Waals surface area (Å²) in [6.07, 6.45) is 2.85. The van der Waals surface area contributed by atoms with Crippen molar-refractivity contribution in [1.82, 2.24) is 0 Å². The molecular weight excluding hydrogens is 264 g/mol. The number of benzene rings is 1. The van der Waals surface area contributed by atoms with E-state index in [1.54, 1.807) is 30.3 Å². The fourth-order valence-corrected chi connectivity index (χ4v) is 2.08. The van der Waals surface area contributed by atoms with Crippen molar-refractivity contribution in [2.75, 3.05) is 0 Å². The molecule has 0 aromatic heterocycles. The van der Waals surface area contributed by atoms with Crippen molar-refractivity contribution >= 4 is 17.5 Å². The van der Waals surface area contributed by atoms with Crippen LogP contribution in [0, 0.1) is 5.41 Å². The van der Waals surface area contributed by atoms with Gasteiger partial charge < -0.3 is 20.4 Å². The van der Waals surface area contributed by atoms with E-state index in [9.17, 15) is 19.8 Å². The summed E-state index contributed by atoms with van der Waals surface area (Å²) in [5.41, 5.74) is -1.89. The number of rotatable bonds is 3. The molecule has 20 heavy (non-hydrogen) atoms. The second kappa shape index (κ2) is 4.59. The number of hydrogen-bond donors (Lipinski definition) is 4. The molecule has 104 valence electrons. The zero-order valence-corrected chi connectivity index (χ0v) is 10.2. The molecule has 0 saturated heterocycles. The van der Waals surface area contributed by atoms with Crippen LogP contribution in [-0.2, 0) is 9.59 Å². The lowest BCUT2D eigenvalue weighted by Crippen LogP contribution is -2.57. The van der Waals surface area contributed by atoms with Gasteiger partial charge in [-0.1, -0.05) is 36.4 Å². The summed E-state index contributed by atoms with van der Waals surface area (Å²) in [4.78, 5) is 22.4. The van der Waals surface area contributed by atoms with E-state index < -0.39 is 23.1 Å². The maximum Gasteiger partial charge on any atom is 0.331 e. The van der Waals surface area contributed by atoms with Crippen molar-refractivity contribution < 1.29 is 30.0 Å². The van der Waals surface area contributed by atoms with E-state index in [4.69, 9.17) is 10.2 Å². The Kier molecular flexibility index (Phi) is 3.21. The number of aliphatic hydroxyl groups is 2. The van der Waals surface area contributed by atoms with Gasteiger partial charge >= 0.3 is 11.9 Å². The molecule has 0 saturated carbocycles. The Morgan fingerprint density at radius 1 is 0.950 bits per heavy atom. The summed E-state index contributed by atoms with van der Waals surface area (Å²) in [6.45, 7) is 0. The van der Waals surface area contributed by atoms with E-state index in [1.165, 1.54) is 6.08 Å². The minimum absolute atomic E-state index is 0.328. The molecule has 0 unspecified atom stereocenters. The minimum Gasteiger partial charge on any atom is -0.480 e. The number of hydrogen-bond acceptors (Lipinski definition) is 4. The molecule has 4 N–H and O–H groups in total. The third-order valence-corrected chi connectivity index (χ3v) is 3.23.